The van der Waals surface area contributed by atoms with Gasteiger partial charge in [0.25, 0.3) is 6.71 Å². The van der Waals surface area contributed by atoms with Crippen LogP contribution in [0.1, 0.15) is 74.9 Å². The van der Waals surface area contributed by atoms with E-state index >= 15 is 0 Å². The van der Waals surface area contributed by atoms with Crippen LogP contribution in [0.25, 0.3) is 0 Å². The van der Waals surface area contributed by atoms with E-state index in [4.69, 9.17) is 0 Å². The first kappa shape index (κ1) is 37.7. The second-order valence-electron chi connectivity index (χ2n) is 18.6. The van der Waals surface area contributed by atoms with Crippen molar-refractivity contribution in [1.82, 2.24) is 0 Å². The molecule has 2 aliphatic heterocycles. The van der Waals surface area contributed by atoms with Crippen LogP contribution in [0.3, 0.4) is 0 Å². The highest BCUT2D eigenvalue weighted by Gasteiger charge is 2.44. The average Bonchev–Trinajstić information content (AvgIpc) is 3.27. The summed E-state index contributed by atoms with van der Waals surface area (Å²) in [5.74, 6) is 0. The molecule has 0 fully saturated rings. The summed E-state index contributed by atoms with van der Waals surface area (Å²) in [7, 11) is 0. The van der Waals surface area contributed by atoms with Crippen molar-refractivity contribution >= 4 is 57.2 Å². The van der Waals surface area contributed by atoms with Gasteiger partial charge in [-0.2, -0.15) is 0 Å². The van der Waals surface area contributed by atoms with Crippen molar-refractivity contribution in [2.45, 2.75) is 57.8 Å². The Morgan fingerprint density at radius 2 is 0.733 bits per heavy atom. The van der Waals surface area contributed by atoms with Gasteiger partial charge in [-0.15, -0.1) is 0 Å². The van der Waals surface area contributed by atoms with Gasteiger partial charge in [0.2, 0.25) is 0 Å². The molecule has 0 saturated heterocycles. The Morgan fingerprint density at radius 1 is 0.317 bits per heavy atom. The highest BCUT2D eigenvalue weighted by molar-refractivity contribution is 7.00. The first-order valence-electron chi connectivity index (χ1n) is 21.4. The third kappa shape index (κ3) is 6.02. The molecule has 8 aromatic carbocycles. The third-order valence-electron chi connectivity index (χ3n) is 12.9. The second kappa shape index (κ2) is 14.3. The molecule has 0 unspecified atom stereocenters. The van der Waals surface area contributed by atoms with Crippen molar-refractivity contribution in [3.63, 3.8) is 0 Å². The van der Waals surface area contributed by atoms with Crippen LogP contribution in [0.5, 0.6) is 0 Å². The minimum absolute atomic E-state index is 0.00262. The van der Waals surface area contributed by atoms with Gasteiger partial charge in [-0.25, -0.2) is 0 Å². The zero-order valence-corrected chi connectivity index (χ0v) is 35.5. The van der Waals surface area contributed by atoms with Gasteiger partial charge in [-0.05, 0) is 109 Å². The maximum absolute atomic E-state index is 2.54. The number of hydrogen-bond acceptors (Lipinski definition) is 2. The Balaban J connectivity index is 1.19. The van der Waals surface area contributed by atoms with Crippen LogP contribution in [-0.4, -0.2) is 6.71 Å². The second-order valence-corrected chi connectivity index (χ2v) is 18.6. The molecule has 0 N–H and O–H groups in total. The van der Waals surface area contributed by atoms with Crippen molar-refractivity contribution in [2.75, 3.05) is 9.80 Å². The highest BCUT2D eigenvalue weighted by Crippen LogP contribution is 2.48. The van der Waals surface area contributed by atoms with Crippen molar-refractivity contribution < 1.29 is 0 Å². The van der Waals surface area contributed by atoms with E-state index in [1.54, 1.807) is 0 Å². The summed E-state index contributed by atoms with van der Waals surface area (Å²) >= 11 is 0. The fraction of sp³-hybridized carbons (Fsp3) is 0.158. The minimum atomic E-state index is -0.517. The summed E-state index contributed by atoms with van der Waals surface area (Å²) in [5.41, 5.74) is 18.3. The molecule has 3 heteroatoms. The molecular formula is C57H51BN2. The molecule has 0 radical (unpaired) electrons. The van der Waals surface area contributed by atoms with Gasteiger partial charge in [-0.3, -0.25) is 0 Å². The lowest BCUT2D eigenvalue weighted by Crippen LogP contribution is -2.61. The van der Waals surface area contributed by atoms with Crippen LogP contribution in [0.15, 0.2) is 200 Å². The van der Waals surface area contributed by atoms with Crippen LogP contribution in [-0.2, 0) is 16.2 Å². The Morgan fingerprint density at radius 3 is 1.30 bits per heavy atom. The van der Waals surface area contributed by atoms with Gasteiger partial charge in [0.05, 0.1) is 5.41 Å². The standard InChI is InChI=1S/C57H51BN2/c1-55(2,3)44-26-18-27-47(38-44)60-52-31-19-30-51-54(52)58(49-37-34-45(39-53(49)60)56(4,5)6)48-28-16-17-29-50(48)59(51)46-35-32-43(33-36-46)57(40-20-10-7-11-21-40,41-22-12-8-13-23-41)42-24-14-9-15-25-42/h7-39H,1-6H3. The minimum Gasteiger partial charge on any atom is -0.311 e. The molecule has 0 aromatic heterocycles. The Labute approximate surface area is 356 Å². The van der Waals surface area contributed by atoms with E-state index in [-0.39, 0.29) is 17.5 Å². The molecule has 2 heterocycles. The highest BCUT2D eigenvalue weighted by atomic mass is 15.2. The lowest BCUT2D eigenvalue weighted by atomic mass is 9.33. The summed E-state index contributed by atoms with van der Waals surface area (Å²) < 4.78 is 0. The molecule has 10 rings (SSSR count). The fourth-order valence-corrected chi connectivity index (χ4v) is 9.94. The Hall–Kier alpha value is -6.58. The van der Waals surface area contributed by atoms with E-state index in [9.17, 15) is 0 Å². The Kier molecular flexibility index (Phi) is 8.99. The molecule has 0 amide bonds. The van der Waals surface area contributed by atoms with Crippen LogP contribution in [0.2, 0.25) is 0 Å². The van der Waals surface area contributed by atoms with Gasteiger partial charge in [0.1, 0.15) is 0 Å². The van der Waals surface area contributed by atoms with Gasteiger partial charge in [-0.1, -0.05) is 193 Å². The lowest BCUT2D eigenvalue weighted by Gasteiger charge is -2.44. The maximum Gasteiger partial charge on any atom is 0.252 e. The van der Waals surface area contributed by atoms with E-state index in [0.717, 1.165) is 5.69 Å². The average molecular weight is 775 g/mol. The zero-order valence-electron chi connectivity index (χ0n) is 35.5. The predicted octanol–water partition coefficient (Wildman–Crippen LogP) is 12.7. The maximum atomic E-state index is 2.54. The predicted molar refractivity (Wildman–Crippen MR) is 256 cm³/mol. The van der Waals surface area contributed by atoms with E-state index in [0.29, 0.717) is 0 Å². The topological polar surface area (TPSA) is 6.48 Å². The smallest absolute Gasteiger partial charge is 0.252 e. The zero-order chi connectivity index (χ0) is 41.2. The monoisotopic (exact) mass is 774 g/mol. The molecule has 0 aliphatic carbocycles. The van der Waals surface area contributed by atoms with E-state index in [1.165, 1.54) is 78.2 Å². The summed E-state index contributed by atoms with van der Waals surface area (Å²) in [5, 5.41) is 0. The number of benzene rings is 8. The molecule has 0 saturated carbocycles. The van der Waals surface area contributed by atoms with E-state index in [1.807, 2.05) is 0 Å². The van der Waals surface area contributed by atoms with Gasteiger partial charge >= 0.3 is 0 Å². The van der Waals surface area contributed by atoms with Crippen molar-refractivity contribution in [3.05, 3.63) is 234 Å². The number of fused-ring (bicyclic) bond motifs is 4. The summed E-state index contributed by atoms with van der Waals surface area (Å²) in [6, 6.07) is 74.8. The van der Waals surface area contributed by atoms with Crippen LogP contribution in [0, 0.1) is 0 Å². The molecule has 60 heavy (non-hydrogen) atoms. The molecule has 2 aliphatic rings. The van der Waals surface area contributed by atoms with Crippen LogP contribution < -0.4 is 26.2 Å². The molecule has 2 nitrogen and oxygen atoms in total. The van der Waals surface area contributed by atoms with Crippen LogP contribution >= 0.6 is 0 Å². The normalized spacial score (nSPS) is 13.4. The molecular weight excluding hydrogens is 723 g/mol. The Bertz CT molecular complexity index is 2740. The van der Waals surface area contributed by atoms with Crippen molar-refractivity contribution in [2.24, 2.45) is 0 Å². The first-order chi connectivity index (χ1) is 29.0. The SMILES string of the molecule is CC(C)(C)c1cccc(N2c3cc(C(C)(C)C)ccc3B3c4ccccc4N(c4ccc(C(c5ccccc5)(c5ccccc5)c5ccccc5)cc4)c4cccc2c43)c1. The molecule has 8 aromatic rings. The van der Waals surface area contributed by atoms with E-state index < -0.39 is 5.41 Å². The van der Waals surface area contributed by atoms with E-state index in [2.05, 4.69) is 252 Å². The summed E-state index contributed by atoms with van der Waals surface area (Å²) in [4.78, 5) is 5.04. The van der Waals surface area contributed by atoms with Crippen molar-refractivity contribution in [3.8, 4) is 0 Å². The molecule has 292 valence electrons. The number of hydrogen-bond donors (Lipinski definition) is 0. The largest absolute Gasteiger partial charge is 0.311 e. The van der Waals surface area contributed by atoms with Crippen LogP contribution in [0.4, 0.5) is 34.1 Å². The first-order valence-corrected chi connectivity index (χ1v) is 21.4. The number of anilines is 6. The molecule has 0 atom stereocenters. The van der Waals surface area contributed by atoms with Gasteiger partial charge in [0, 0.05) is 34.1 Å². The number of para-hydroxylation sites is 1. The third-order valence-corrected chi connectivity index (χ3v) is 12.9. The summed E-state index contributed by atoms with van der Waals surface area (Å²) in [6.45, 7) is 13.9. The quantitative estimate of drug-likeness (QED) is 0.123. The summed E-state index contributed by atoms with van der Waals surface area (Å²) in [6.07, 6.45) is 0. The molecule has 0 spiro atoms. The fourth-order valence-electron chi connectivity index (χ4n) is 9.94. The molecule has 0 bridgehead atoms. The van der Waals surface area contributed by atoms with Gasteiger partial charge < -0.3 is 9.80 Å². The van der Waals surface area contributed by atoms with Crippen molar-refractivity contribution in [1.29, 1.82) is 0 Å². The lowest BCUT2D eigenvalue weighted by molar-refractivity contribution is 0.590. The number of nitrogens with zero attached hydrogens (tertiary/aromatic N) is 2. The van der Waals surface area contributed by atoms with Gasteiger partial charge in [0.15, 0.2) is 0 Å². The number of rotatable bonds is 6.